The first-order valence-electron chi connectivity index (χ1n) is 7.03. The summed E-state index contributed by atoms with van der Waals surface area (Å²) in [6.45, 7) is 0.0833. The number of aliphatic hydroxyl groups excluding tert-OH is 1. The fourth-order valence-corrected chi connectivity index (χ4v) is 2.56. The number of oxazole rings is 1. The Morgan fingerprint density at radius 1 is 1.45 bits per heavy atom. The molecule has 2 aromatic rings. The molecular formula is C15H17N3O4. The van der Waals surface area contributed by atoms with E-state index in [1.54, 1.807) is 25.2 Å². The highest BCUT2D eigenvalue weighted by atomic mass is 16.4. The van der Waals surface area contributed by atoms with Crippen LogP contribution in [0.15, 0.2) is 39.6 Å². The van der Waals surface area contributed by atoms with Gasteiger partial charge in [0, 0.05) is 37.4 Å². The van der Waals surface area contributed by atoms with E-state index in [1.807, 2.05) is 12.2 Å². The third kappa shape index (κ3) is 2.75. The molecule has 1 aliphatic carbocycles. The predicted octanol–water partition coefficient (Wildman–Crippen LogP) is 1.19. The number of hydrogen-bond donors (Lipinski definition) is 3. The predicted molar refractivity (Wildman–Crippen MR) is 81.7 cm³/mol. The summed E-state index contributed by atoms with van der Waals surface area (Å²) in [6.07, 6.45) is 4.46. The third-order valence-electron chi connectivity index (χ3n) is 3.77. The maximum absolute atomic E-state index is 12.0. The highest BCUT2D eigenvalue weighted by Crippen LogP contribution is 2.19. The van der Waals surface area contributed by atoms with Gasteiger partial charge in [0.25, 0.3) is 0 Å². The van der Waals surface area contributed by atoms with Gasteiger partial charge in [-0.2, -0.15) is 0 Å². The number of rotatable bonds is 3. The topological polar surface area (TPSA) is 96.5 Å². The molecule has 1 aliphatic rings. The second kappa shape index (κ2) is 5.69. The number of benzene rings is 1. The summed E-state index contributed by atoms with van der Waals surface area (Å²) in [5.74, 6) is -0.344. The summed E-state index contributed by atoms with van der Waals surface area (Å²) < 4.78 is 6.48. The average Bonchev–Trinajstić information content (AvgIpc) is 3.04. The quantitative estimate of drug-likeness (QED) is 0.742. The monoisotopic (exact) mass is 303 g/mol. The molecule has 0 aliphatic heterocycles. The first-order valence-corrected chi connectivity index (χ1v) is 7.03. The van der Waals surface area contributed by atoms with E-state index >= 15 is 0 Å². The molecule has 0 bridgehead atoms. The maximum Gasteiger partial charge on any atom is 0.419 e. The zero-order valence-electron chi connectivity index (χ0n) is 12.1. The van der Waals surface area contributed by atoms with Gasteiger partial charge in [0.2, 0.25) is 0 Å². The van der Waals surface area contributed by atoms with Crippen LogP contribution >= 0.6 is 0 Å². The molecule has 2 atom stereocenters. The minimum Gasteiger partial charge on any atom is -0.408 e. The van der Waals surface area contributed by atoms with Gasteiger partial charge >= 0.3 is 11.8 Å². The molecule has 1 aromatic carbocycles. The Morgan fingerprint density at radius 3 is 3.00 bits per heavy atom. The Hall–Kier alpha value is -2.54. The van der Waals surface area contributed by atoms with E-state index in [0.717, 1.165) is 0 Å². The molecule has 0 radical (unpaired) electrons. The van der Waals surface area contributed by atoms with Crippen molar-refractivity contribution in [3.05, 3.63) is 40.9 Å². The number of nitrogens with zero attached hydrogens (tertiary/aromatic N) is 1. The van der Waals surface area contributed by atoms with Gasteiger partial charge in [-0.3, -0.25) is 4.57 Å². The van der Waals surface area contributed by atoms with Crippen molar-refractivity contribution in [2.45, 2.75) is 12.5 Å². The number of aromatic nitrogens is 1. The highest BCUT2D eigenvalue weighted by Gasteiger charge is 2.19. The van der Waals surface area contributed by atoms with Crippen LogP contribution in [0.3, 0.4) is 0 Å². The molecule has 7 nitrogen and oxygen atoms in total. The fraction of sp³-hybridized carbons (Fsp3) is 0.333. The average molecular weight is 303 g/mol. The molecule has 22 heavy (non-hydrogen) atoms. The zero-order chi connectivity index (χ0) is 15.7. The van der Waals surface area contributed by atoms with Crippen LogP contribution in [0.1, 0.15) is 6.42 Å². The molecule has 2 amide bonds. The normalized spacial score (nSPS) is 20.5. The van der Waals surface area contributed by atoms with Crippen LogP contribution in [0.5, 0.6) is 0 Å². The number of hydrogen-bond acceptors (Lipinski definition) is 4. The van der Waals surface area contributed by atoms with Gasteiger partial charge < -0.3 is 20.2 Å². The molecule has 0 saturated carbocycles. The van der Waals surface area contributed by atoms with Crippen LogP contribution in [0.4, 0.5) is 10.5 Å². The summed E-state index contributed by atoms with van der Waals surface area (Å²) in [7, 11) is 1.62. The molecule has 3 rings (SSSR count). The first-order chi connectivity index (χ1) is 10.6. The van der Waals surface area contributed by atoms with E-state index in [-0.39, 0.29) is 24.6 Å². The molecule has 0 unspecified atom stereocenters. The van der Waals surface area contributed by atoms with Crippen LogP contribution in [-0.4, -0.2) is 28.4 Å². The van der Waals surface area contributed by atoms with Gasteiger partial charge in [-0.1, -0.05) is 12.2 Å². The second-order valence-corrected chi connectivity index (χ2v) is 5.38. The van der Waals surface area contributed by atoms with Crippen LogP contribution in [0, 0.1) is 5.92 Å². The Morgan fingerprint density at radius 2 is 2.27 bits per heavy atom. The minimum atomic E-state index is -0.442. The summed E-state index contributed by atoms with van der Waals surface area (Å²) in [5, 5.41) is 14.6. The van der Waals surface area contributed by atoms with Crippen LogP contribution in [0.25, 0.3) is 11.1 Å². The highest BCUT2D eigenvalue weighted by molar-refractivity contribution is 5.91. The van der Waals surface area contributed by atoms with Crippen molar-refractivity contribution in [2.24, 2.45) is 13.0 Å². The first kappa shape index (κ1) is 14.4. The summed E-state index contributed by atoms with van der Waals surface area (Å²) in [4.78, 5) is 23.4. The Kier molecular flexibility index (Phi) is 3.72. The van der Waals surface area contributed by atoms with Gasteiger partial charge in [-0.05, 0) is 18.6 Å². The lowest BCUT2D eigenvalue weighted by molar-refractivity contribution is 0.238. The van der Waals surface area contributed by atoms with Crippen molar-refractivity contribution < 1.29 is 14.3 Å². The molecule has 0 saturated heterocycles. The number of carbonyl (C=O) groups is 1. The molecule has 1 aromatic heterocycles. The number of urea groups is 1. The van der Waals surface area contributed by atoms with Gasteiger partial charge in [0.1, 0.15) is 0 Å². The molecule has 116 valence electrons. The number of carbonyl (C=O) groups excluding carboxylic acids is 1. The van der Waals surface area contributed by atoms with E-state index in [9.17, 15) is 9.59 Å². The zero-order valence-corrected chi connectivity index (χ0v) is 12.1. The minimum absolute atomic E-state index is 0.0833. The van der Waals surface area contributed by atoms with E-state index in [1.165, 1.54) is 4.57 Å². The van der Waals surface area contributed by atoms with E-state index < -0.39 is 5.76 Å². The third-order valence-corrected chi connectivity index (χ3v) is 3.77. The largest absolute Gasteiger partial charge is 0.419 e. The fourth-order valence-electron chi connectivity index (χ4n) is 2.56. The van der Waals surface area contributed by atoms with Gasteiger partial charge in [0.15, 0.2) is 5.58 Å². The lowest BCUT2D eigenvalue weighted by atomic mass is 10.1. The second-order valence-electron chi connectivity index (χ2n) is 5.38. The molecule has 0 spiro atoms. The standard InChI is InChI=1S/C15H17N3O4/c1-18-12-5-4-11(7-13(12)22-15(18)21)17-14(20)16-10-3-2-9(6-10)8-19/h2-5,7,9-10,19H,6,8H2,1H3,(H2,16,17,20)/t9-,10+/m0/s1. The number of fused-ring (bicyclic) bond motifs is 1. The molecule has 0 fully saturated rings. The van der Waals surface area contributed by atoms with E-state index in [0.29, 0.717) is 23.2 Å². The Balaban J connectivity index is 1.67. The summed E-state index contributed by atoms with van der Waals surface area (Å²) >= 11 is 0. The van der Waals surface area contributed by atoms with E-state index in [4.69, 9.17) is 9.52 Å². The number of aryl methyl sites for hydroxylation is 1. The van der Waals surface area contributed by atoms with Crippen molar-refractivity contribution in [1.29, 1.82) is 0 Å². The van der Waals surface area contributed by atoms with Crippen LogP contribution in [0.2, 0.25) is 0 Å². The summed E-state index contributed by atoms with van der Waals surface area (Å²) in [5.41, 5.74) is 1.63. The number of amides is 2. The van der Waals surface area contributed by atoms with Crippen molar-refractivity contribution in [3.8, 4) is 0 Å². The smallest absolute Gasteiger partial charge is 0.408 e. The van der Waals surface area contributed by atoms with Crippen LogP contribution < -0.4 is 16.4 Å². The number of anilines is 1. The van der Waals surface area contributed by atoms with Crippen molar-refractivity contribution >= 4 is 22.8 Å². The SMILES string of the molecule is Cn1c(=O)oc2cc(NC(=O)N[C@@H]3C=C[C@H](CO)C3)ccc21. The van der Waals surface area contributed by atoms with Gasteiger partial charge in [-0.15, -0.1) is 0 Å². The lowest BCUT2D eigenvalue weighted by Gasteiger charge is -2.13. The van der Waals surface area contributed by atoms with Crippen molar-refractivity contribution in [3.63, 3.8) is 0 Å². The van der Waals surface area contributed by atoms with Crippen molar-refractivity contribution in [2.75, 3.05) is 11.9 Å². The molecule has 3 N–H and O–H groups in total. The maximum atomic E-state index is 12.0. The Bertz CT molecular complexity index is 790. The van der Waals surface area contributed by atoms with Crippen LogP contribution in [-0.2, 0) is 7.05 Å². The number of nitrogens with one attached hydrogen (secondary N) is 2. The lowest BCUT2D eigenvalue weighted by Crippen LogP contribution is -2.36. The van der Waals surface area contributed by atoms with Gasteiger partial charge in [0.05, 0.1) is 5.52 Å². The van der Waals surface area contributed by atoms with E-state index in [2.05, 4.69) is 10.6 Å². The summed E-state index contributed by atoms with van der Waals surface area (Å²) in [6, 6.07) is 4.60. The molecular weight excluding hydrogens is 286 g/mol. The van der Waals surface area contributed by atoms with Gasteiger partial charge in [-0.25, -0.2) is 9.59 Å². The molecule has 7 heteroatoms. The Labute approximate surface area is 126 Å². The number of aliphatic hydroxyl groups is 1. The van der Waals surface area contributed by atoms with Crippen molar-refractivity contribution in [1.82, 2.24) is 9.88 Å². The molecule has 1 heterocycles.